The van der Waals surface area contributed by atoms with Crippen molar-refractivity contribution in [2.45, 2.75) is 38.2 Å². The van der Waals surface area contributed by atoms with Crippen LogP contribution in [0.3, 0.4) is 0 Å². The molecule has 2 aliphatic rings. The lowest BCUT2D eigenvalue weighted by Gasteiger charge is -2.29. The summed E-state index contributed by atoms with van der Waals surface area (Å²) in [6.07, 6.45) is -4.54. The average molecular weight is 418 g/mol. The Hall–Kier alpha value is -3.36. The van der Waals surface area contributed by atoms with Gasteiger partial charge >= 0.3 is 6.18 Å². The van der Waals surface area contributed by atoms with Crippen LogP contribution in [-0.4, -0.2) is 28.7 Å². The van der Waals surface area contributed by atoms with Crippen LogP contribution in [0.1, 0.15) is 39.9 Å². The zero-order chi connectivity index (χ0) is 21.5. The van der Waals surface area contributed by atoms with Gasteiger partial charge in [0.2, 0.25) is 11.8 Å². The Balaban J connectivity index is 1.69. The third-order valence-electron chi connectivity index (χ3n) is 5.18. The van der Waals surface area contributed by atoms with Gasteiger partial charge in [0.05, 0.1) is 11.1 Å². The molecule has 2 heterocycles. The number of piperidine rings is 1. The number of hydrogen-bond acceptors (Lipinski definition) is 4. The van der Waals surface area contributed by atoms with Gasteiger partial charge in [-0.1, -0.05) is 36.4 Å². The fraction of sp³-hybridized carbons (Fsp3) is 0.286. The summed E-state index contributed by atoms with van der Waals surface area (Å²) in [6, 6.07) is 9.84. The van der Waals surface area contributed by atoms with Gasteiger partial charge in [-0.25, -0.2) is 0 Å². The first-order chi connectivity index (χ1) is 14.3. The highest BCUT2D eigenvalue weighted by atomic mass is 19.4. The first-order valence-corrected chi connectivity index (χ1v) is 9.30. The second-order valence-electron chi connectivity index (χ2n) is 7.15. The summed E-state index contributed by atoms with van der Waals surface area (Å²) in [6.45, 7) is -0.174. The van der Waals surface area contributed by atoms with E-state index in [-0.39, 0.29) is 31.6 Å². The predicted molar refractivity (Wildman–Crippen MR) is 98.3 cm³/mol. The van der Waals surface area contributed by atoms with Gasteiger partial charge in [0.25, 0.3) is 5.91 Å². The summed E-state index contributed by atoms with van der Waals surface area (Å²) in [5.74, 6) is -2.32. The van der Waals surface area contributed by atoms with Gasteiger partial charge in [-0.05, 0) is 23.6 Å². The molecule has 3 amide bonds. The molecule has 0 bridgehead atoms. The summed E-state index contributed by atoms with van der Waals surface area (Å²) in [5, 5.41) is 2.17. The quantitative estimate of drug-likeness (QED) is 0.775. The van der Waals surface area contributed by atoms with Crippen LogP contribution in [0, 0.1) is 0 Å². The van der Waals surface area contributed by atoms with Crippen LogP contribution >= 0.6 is 0 Å². The van der Waals surface area contributed by atoms with E-state index >= 15 is 0 Å². The molecule has 1 unspecified atom stereocenters. The molecule has 0 saturated carbocycles. The molecule has 2 aliphatic heterocycles. The van der Waals surface area contributed by atoms with Crippen molar-refractivity contribution in [3.05, 3.63) is 64.7 Å². The Morgan fingerprint density at radius 1 is 1.07 bits per heavy atom. The molecule has 1 atom stereocenters. The second kappa shape index (κ2) is 7.47. The van der Waals surface area contributed by atoms with Crippen molar-refractivity contribution in [3.63, 3.8) is 0 Å². The number of imide groups is 1. The van der Waals surface area contributed by atoms with Crippen molar-refractivity contribution in [2.24, 2.45) is 0 Å². The first-order valence-electron chi connectivity index (χ1n) is 9.30. The number of benzene rings is 2. The molecule has 0 spiro atoms. The zero-order valence-corrected chi connectivity index (χ0v) is 15.7. The minimum Gasteiger partial charge on any atom is -0.487 e. The molecule has 30 heavy (non-hydrogen) atoms. The highest BCUT2D eigenvalue weighted by molar-refractivity contribution is 6.06. The largest absolute Gasteiger partial charge is 0.487 e. The van der Waals surface area contributed by atoms with Gasteiger partial charge < -0.3 is 9.64 Å². The molecule has 156 valence electrons. The number of fused-ring (bicyclic) bond motifs is 1. The number of nitrogens with one attached hydrogen (secondary N) is 1. The topological polar surface area (TPSA) is 75.7 Å². The van der Waals surface area contributed by atoms with Crippen LogP contribution < -0.4 is 10.1 Å². The molecule has 1 saturated heterocycles. The first kappa shape index (κ1) is 19.9. The predicted octanol–water partition coefficient (Wildman–Crippen LogP) is 3.05. The number of amides is 3. The van der Waals surface area contributed by atoms with E-state index in [1.807, 2.05) is 0 Å². The lowest BCUT2D eigenvalue weighted by molar-refractivity contribution is -0.139. The summed E-state index contributed by atoms with van der Waals surface area (Å²) in [5.41, 5.74) is -0.238. The van der Waals surface area contributed by atoms with E-state index in [4.69, 9.17) is 4.74 Å². The fourth-order valence-electron chi connectivity index (χ4n) is 3.72. The Morgan fingerprint density at radius 3 is 2.47 bits per heavy atom. The molecule has 1 fully saturated rings. The fourth-order valence-corrected chi connectivity index (χ4v) is 3.72. The number of hydrogen-bond donors (Lipinski definition) is 1. The smallest absolute Gasteiger partial charge is 0.419 e. The molecule has 4 rings (SSSR count). The van der Waals surface area contributed by atoms with E-state index in [0.29, 0.717) is 11.1 Å². The van der Waals surface area contributed by atoms with Crippen LogP contribution in [0.4, 0.5) is 13.2 Å². The normalized spacial score (nSPS) is 19.0. The molecule has 0 aromatic heterocycles. The third-order valence-corrected chi connectivity index (χ3v) is 5.18. The maximum Gasteiger partial charge on any atom is 0.419 e. The number of rotatable bonds is 4. The van der Waals surface area contributed by atoms with Gasteiger partial charge in [-0.2, -0.15) is 13.2 Å². The van der Waals surface area contributed by atoms with Crippen LogP contribution in [0.2, 0.25) is 0 Å². The molecule has 0 radical (unpaired) electrons. The number of carbonyl (C=O) groups is 3. The SMILES string of the molecule is O=C1CCC(N2Cc3ccc(C(F)(F)F)c(OCc4ccccc4)c3C2=O)C(=O)N1. The van der Waals surface area contributed by atoms with Crippen LogP contribution in [-0.2, 0) is 28.9 Å². The Morgan fingerprint density at radius 2 is 1.80 bits per heavy atom. The average Bonchev–Trinajstić information content (AvgIpc) is 3.03. The molecule has 6 nitrogen and oxygen atoms in total. The van der Waals surface area contributed by atoms with Gasteiger partial charge in [0, 0.05) is 13.0 Å². The van der Waals surface area contributed by atoms with Crippen molar-refractivity contribution in [2.75, 3.05) is 0 Å². The van der Waals surface area contributed by atoms with Crippen LogP contribution in [0.5, 0.6) is 5.75 Å². The highest BCUT2D eigenvalue weighted by Gasteiger charge is 2.44. The van der Waals surface area contributed by atoms with Crippen molar-refractivity contribution >= 4 is 17.7 Å². The van der Waals surface area contributed by atoms with E-state index in [2.05, 4.69) is 5.32 Å². The Kier molecular flexibility index (Phi) is 4.97. The number of halogens is 3. The van der Waals surface area contributed by atoms with E-state index in [1.54, 1.807) is 30.3 Å². The van der Waals surface area contributed by atoms with Gasteiger partial charge in [-0.15, -0.1) is 0 Å². The summed E-state index contributed by atoms with van der Waals surface area (Å²) in [4.78, 5) is 37.8. The Bertz CT molecular complexity index is 1020. The molecule has 2 aromatic rings. The number of nitrogens with zero attached hydrogens (tertiary/aromatic N) is 1. The summed E-state index contributed by atoms with van der Waals surface area (Å²) < 4.78 is 46.4. The van der Waals surface area contributed by atoms with E-state index < -0.39 is 41.3 Å². The van der Waals surface area contributed by atoms with E-state index in [0.717, 1.165) is 6.07 Å². The Labute approximate surface area is 169 Å². The van der Waals surface area contributed by atoms with Crippen molar-refractivity contribution in [3.8, 4) is 5.75 Å². The van der Waals surface area contributed by atoms with Crippen LogP contribution in [0.15, 0.2) is 42.5 Å². The summed E-state index contributed by atoms with van der Waals surface area (Å²) >= 11 is 0. The number of ether oxygens (including phenoxy) is 1. The molecule has 1 N–H and O–H groups in total. The number of carbonyl (C=O) groups excluding carboxylic acids is 3. The maximum absolute atomic E-state index is 13.6. The minimum absolute atomic E-state index is 0.0275. The molecule has 9 heteroatoms. The van der Waals surface area contributed by atoms with Gasteiger partial charge in [0.1, 0.15) is 18.4 Å². The van der Waals surface area contributed by atoms with Gasteiger partial charge in [0.15, 0.2) is 0 Å². The maximum atomic E-state index is 13.6. The lowest BCUT2D eigenvalue weighted by Crippen LogP contribution is -2.52. The highest BCUT2D eigenvalue weighted by Crippen LogP contribution is 2.43. The second-order valence-corrected chi connectivity index (χ2v) is 7.15. The molecular formula is C21H17F3N2O4. The van der Waals surface area contributed by atoms with E-state index in [9.17, 15) is 27.6 Å². The van der Waals surface area contributed by atoms with Crippen molar-refractivity contribution in [1.82, 2.24) is 10.2 Å². The molecule has 2 aromatic carbocycles. The van der Waals surface area contributed by atoms with Gasteiger partial charge in [-0.3, -0.25) is 19.7 Å². The van der Waals surface area contributed by atoms with Crippen LogP contribution in [0.25, 0.3) is 0 Å². The number of alkyl halides is 3. The van der Waals surface area contributed by atoms with Crippen molar-refractivity contribution in [1.29, 1.82) is 0 Å². The van der Waals surface area contributed by atoms with Crippen molar-refractivity contribution < 1.29 is 32.3 Å². The standard InChI is InChI=1S/C21H17F3N2O4/c22-21(23,24)14-7-6-13-10-26(15-8-9-16(27)25-19(15)28)20(29)17(13)18(14)30-11-12-4-2-1-3-5-12/h1-7,15H,8-11H2,(H,25,27,28). The van der Waals surface area contributed by atoms with E-state index in [1.165, 1.54) is 11.0 Å². The monoisotopic (exact) mass is 418 g/mol. The summed E-state index contributed by atoms with van der Waals surface area (Å²) in [7, 11) is 0. The molecular weight excluding hydrogens is 401 g/mol. The lowest BCUT2D eigenvalue weighted by atomic mass is 10.0. The molecule has 0 aliphatic carbocycles. The minimum atomic E-state index is -4.72. The zero-order valence-electron chi connectivity index (χ0n) is 15.7. The third kappa shape index (κ3) is 3.62.